The third-order valence-corrected chi connectivity index (χ3v) is 4.45. The van der Waals surface area contributed by atoms with Gasteiger partial charge in [0.25, 0.3) is 0 Å². The van der Waals surface area contributed by atoms with Crippen molar-refractivity contribution < 1.29 is 4.79 Å². The van der Waals surface area contributed by atoms with E-state index in [0.29, 0.717) is 5.78 Å². The Hall–Kier alpha value is -1.57. The molecule has 2 heteroatoms. The van der Waals surface area contributed by atoms with Crippen LogP contribution in [0, 0.1) is 0 Å². The van der Waals surface area contributed by atoms with Gasteiger partial charge in [0, 0.05) is 29.6 Å². The van der Waals surface area contributed by atoms with Crippen LogP contribution in [0.1, 0.15) is 47.3 Å². The molecule has 4 rings (SSSR count). The molecule has 0 bridgehead atoms. The number of ketones is 1. The lowest BCUT2D eigenvalue weighted by Crippen LogP contribution is -2.13. The zero-order valence-electron chi connectivity index (χ0n) is 10.5. The Morgan fingerprint density at radius 3 is 2.89 bits per heavy atom. The maximum Gasteiger partial charge on any atom is 0.165 e. The summed E-state index contributed by atoms with van der Waals surface area (Å²) in [6.45, 7) is 1.09. The second kappa shape index (κ2) is 3.71. The molecule has 1 aliphatic carbocycles. The summed E-state index contributed by atoms with van der Waals surface area (Å²) in [6.07, 6.45) is 6.50. The van der Waals surface area contributed by atoms with Crippen LogP contribution in [0.3, 0.4) is 0 Å². The number of aryl methyl sites for hydroxylation is 2. The quantitative estimate of drug-likeness (QED) is 0.689. The Bertz CT molecular complexity index is 651. The molecule has 0 spiro atoms. The van der Waals surface area contributed by atoms with E-state index in [9.17, 15) is 4.79 Å². The molecule has 2 aliphatic rings. The Morgan fingerprint density at radius 1 is 1.00 bits per heavy atom. The highest BCUT2D eigenvalue weighted by Crippen LogP contribution is 2.35. The van der Waals surface area contributed by atoms with Gasteiger partial charge in [-0.1, -0.05) is 18.2 Å². The molecule has 0 N–H and O–H groups in total. The van der Waals surface area contributed by atoms with Crippen LogP contribution in [0.5, 0.6) is 0 Å². The molecule has 0 amide bonds. The molecule has 0 saturated heterocycles. The van der Waals surface area contributed by atoms with E-state index in [1.807, 2.05) is 0 Å². The number of rotatable bonds is 0. The summed E-state index contributed by atoms with van der Waals surface area (Å²) in [6, 6.07) is 6.50. The molecule has 1 aromatic heterocycles. The standard InChI is InChI=1S/C16H17NO/c18-14-9-4-8-13-15(14)12-7-3-6-11-5-1-2-10-17(13)16(11)12/h3,6-7H,1-2,4-5,8-10H2. The van der Waals surface area contributed by atoms with Crippen molar-refractivity contribution in [3.8, 4) is 0 Å². The summed E-state index contributed by atoms with van der Waals surface area (Å²) >= 11 is 0. The normalized spacial score (nSPS) is 18.8. The Balaban J connectivity index is 2.15. The first-order chi connectivity index (χ1) is 8.86. The van der Waals surface area contributed by atoms with Crippen LogP contribution in [0.15, 0.2) is 18.2 Å². The fraction of sp³-hybridized carbons (Fsp3) is 0.438. The van der Waals surface area contributed by atoms with E-state index in [2.05, 4.69) is 22.8 Å². The van der Waals surface area contributed by atoms with Gasteiger partial charge in [-0.15, -0.1) is 0 Å². The van der Waals surface area contributed by atoms with Crippen molar-refractivity contribution in [3.05, 3.63) is 35.0 Å². The van der Waals surface area contributed by atoms with Crippen molar-refractivity contribution in [2.75, 3.05) is 0 Å². The maximum absolute atomic E-state index is 12.2. The molecule has 2 aromatic rings. The number of benzene rings is 1. The second-order valence-corrected chi connectivity index (χ2v) is 5.52. The monoisotopic (exact) mass is 239 g/mol. The highest BCUT2D eigenvalue weighted by Gasteiger charge is 2.27. The van der Waals surface area contributed by atoms with Crippen LogP contribution in [0.4, 0.5) is 0 Å². The predicted octanol–water partition coefficient (Wildman–Crippen LogP) is 3.50. The van der Waals surface area contributed by atoms with Gasteiger partial charge in [0.05, 0.1) is 5.52 Å². The fourth-order valence-corrected chi connectivity index (χ4v) is 3.68. The van der Waals surface area contributed by atoms with Gasteiger partial charge in [-0.3, -0.25) is 4.79 Å². The lowest BCUT2D eigenvalue weighted by atomic mass is 9.93. The molecule has 0 unspecified atom stereocenters. The largest absolute Gasteiger partial charge is 0.344 e. The van der Waals surface area contributed by atoms with Gasteiger partial charge in [-0.25, -0.2) is 0 Å². The van der Waals surface area contributed by atoms with E-state index in [4.69, 9.17) is 0 Å². The van der Waals surface area contributed by atoms with Gasteiger partial charge in [0.15, 0.2) is 5.78 Å². The number of carbonyl (C=O) groups excluding carboxylic acids is 1. The first kappa shape index (κ1) is 10.4. The third-order valence-electron chi connectivity index (χ3n) is 4.45. The first-order valence-corrected chi connectivity index (χ1v) is 7.02. The van der Waals surface area contributed by atoms with Crippen molar-refractivity contribution in [2.24, 2.45) is 0 Å². The Labute approximate surface area is 107 Å². The summed E-state index contributed by atoms with van der Waals surface area (Å²) in [4.78, 5) is 12.2. The second-order valence-electron chi connectivity index (χ2n) is 5.52. The molecule has 2 heterocycles. The SMILES string of the molecule is O=C1CCCc2c1c1cccc3c1n2CCCC3. The molecule has 2 nitrogen and oxygen atoms in total. The van der Waals surface area contributed by atoms with Crippen LogP contribution < -0.4 is 0 Å². The summed E-state index contributed by atoms with van der Waals surface area (Å²) in [7, 11) is 0. The number of aromatic nitrogens is 1. The van der Waals surface area contributed by atoms with Crippen LogP contribution >= 0.6 is 0 Å². The number of nitrogens with zero attached hydrogens (tertiary/aromatic N) is 1. The summed E-state index contributed by atoms with van der Waals surface area (Å²) < 4.78 is 2.45. The Morgan fingerprint density at radius 2 is 1.94 bits per heavy atom. The minimum atomic E-state index is 0.359. The topological polar surface area (TPSA) is 22.0 Å². The van der Waals surface area contributed by atoms with Crippen molar-refractivity contribution >= 4 is 16.7 Å². The average molecular weight is 239 g/mol. The lowest BCUT2D eigenvalue weighted by Gasteiger charge is -2.14. The summed E-state index contributed by atoms with van der Waals surface area (Å²) in [5.41, 5.74) is 5.15. The van der Waals surface area contributed by atoms with Gasteiger partial charge in [-0.05, 0) is 37.7 Å². The number of Topliss-reactive ketones (excluding diaryl/α,β-unsaturated/α-hetero) is 1. The van der Waals surface area contributed by atoms with Crippen LogP contribution in [0.2, 0.25) is 0 Å². The molecular formula is C16H17NO. The molecule has 0 fully saturated rings. The van der Waals surface area contributed by atoms with Crippen molar-refractivity contribution in [1.29, 1.82) is 0 Å². The maximum atomic E-state index is 12.2. The molecular weight excluding hydrogens is 222 g/mol. The van der Waals surface area contributed by atoms with Gasteiger partial charge < -0.3 is 4.57 Å². The van der Waals surface area contributed by atoms with Crippen LogP contribution in [-0.4, -0.2) is 10.4 Å². The van der Waals surface area contributed by atoms with Gasteiger partial charge >= 0.3 is 0 Å². The molecule has 0 saturated carbocycles. The Kier molecular flexibility index (Phi) is 2.14. The molecule has 1 aliphatic heterocycles. The summed E-state index contributed by atoms with van der Waals surface area (Å²) in [5.74, 6) is 0.359. The van der Waals surface area contributed by atoms with E-state index < -0.39 is 0 Å². The van der Waals surface area contributed by atoms with Crippen molar-refractivity contribution in [1.82, 2.24) is 4.57 Å². The van der Waals surface area contributed by atoms with E-state index in [1.165, 1.54) is 35.0 Å². The van der Waals surface area contributed by atoms with E-state index in [1.54, 1.807) is 0 Å². The minimum Gasteiger partial charge on any atom is -0.344 e. The molecule has 92 valence electrons. The highest BCUT2D eigenvalue weighted by atomic mass is 16.1. The number of fused-ring (bicyclic) bond motifs is 3. The van der Waals surface area contributed by atoms with Crippen molar-refractivity contribution in [2.45, 2.75) is 45.1 Å². The van der Waals surface area contributed by atoms with Crippen LogP contribution in [-0.2, 0) is 19.4 Å². The molecule has 0 atom stereocenters. The van der Waals surface area contributed by atoms with Gasteiger partial charge in [-0.2, -0.15) is 0 Å². The van der Waals surface area contributed by atoms with Gasteiger partial charge in [0.1, 0.15) is 0 Å². The summed E-state index contributed by atoms with van der Waals surface area (Å²) in [5, 5.41) is 1.22. The van der Waals surface area contributed by atoms with E-state index >= 15 is 0 Å². The highest BCUT2D eigenvalue weighted by molar-refractivity contribution is 6.10. The molecule has 1 aromatic carbocycles. The number of para-hydroxylation sites is 1. The fourth-order valence-electron chi connectivity index (χ4n) is 3.68. The smallest absolute Gasteiger partial charge is 0.165 e. The minimum absolute atomic E-state index is 0.359. The lowest BCUT2D eigenvalue weighted by molar-refractivity contribution is 0.0973. The number of hydrogen-bond acceptors (Lipinski definition) is 1. The van der Waals surface area contributed by atoms with Crippen LogP contribution in [0.25, 0.3) is 10.9 Å². The van der Waals surface area contributed by atoms with Gasteiger partial charge in [0.2, 0.25) is 0 Å². The third kappa shape index (κ3) is 1.26. The van der Waals surface area contributed by atoms with E-state index in [0.717, 1.165) is 37.8 Å². The number of hydrogen-bond donors (Lipinski definition) is 0. The zero-order chi connectivity index (χ0) is 12.1. The first-order valence-electron chi connectivity index (χ1n) is 7.02. The molecule has 0 radical (unpaired) electrons. The average Bonchev–Trinajstić information content (AvgIpc) is 2.56. The predicted molar refractivity (Wildman–Crippen MR) is 72.1 cm³/mol. The van der Waals surface area contributed by atoms with Crippen molar-refractivity contribution in [3.63, 3.8) is 0 Å². The van der Waals surface area contributed by atoms with E-state index in [-0.39, 0.29) is 0 Å². The zero-order valence-corrected chi connectivity index (χ0v) is 10.5. The number of carbonyl (C=O) groups is 1. The molecule has 18 heavy (non-hydrogen) atoms.